The maximum Gasteiger partial charge on any atom is 0.328 e. The number of rotatable bonds is 2. The number of aromatic nitrogens is 1. The van der Waals surface area contributed by atoms with Crippen LogP contribution >= 0.6 is 12.6 Å². The maximum absolute atomic E-state index is 10.3. The van der Waals surface area contributed by atoms with Gasteiger partial charge in [-0.2, -0.15) is 0 Å². The van der Waals surface area contributed by atoms with Crippen molar-refractivity contribution >= 4 is 30.5 Å². The van der Waals surface area contributed by atoms with Gasteiger partial charge < -0.3 is 10.4 Å². The number of carboxylic acids is 1. The van der Waals surface area contributed by atoms with E-state index in [0.717, 1.165) is 40.9 Å². The Morgan fingerprint density at radius 1 is 1.30 bits per heavy atom. The highest BCUT2D eigenvalue weighted by Crippen LogP contribution is 2.20. The van der Waals surface area contributed by atoms with Gasteiger partial charge in [0.2, 0.25) is 0 Å². The number of anilines is 1. The lowest BCUT2D eigenvalue weighted by atomic mass is 10.1. The lowest BCUT2D eigenvalue weighted by molar-refractivity contribution is -0.131. The zero-order valence-electron chi connectivity index (χ0n) is 13.4. The van der Waals surface area contributed by atoms with Crippen molar-refractivity contribution in [1.82, 2.24) is 4.98 Å². The van der Waals surface area contributed by atoms with Crippen molar-refractivity contribution in [3.63, 3.8) is 0 Å². The number of hydrogen-bond donors (Lipinski definition) is 3. The Bertz CT molecular complexity index is 643. The van der Waals surface area contributed by atoms with Crippen molar-refractivity contribution < 1.29 is 9.90 Å². The second-order valence-corrected chi connectivity index (χ2v) is 4.98. The van der Waals surface area contributed by atoms with Crippen molar-refractivity contribution in [2.45, 2.75) is 25.2 Å². The van der Waals surface area contributed by atoms with Crippen LogP contribution in [0.15, 0.2) is 53.6 Å². The summed E-state index contributed by atoms with van der Waals surface area (Å²) in [5, 5.41) is 11.6. The van der Waals surface area contributed by atoms with Crippen molar-refractivity contribution in [3.8, 4) is 0 Å². The number of carbonyl (C=O) groups is 1. The minimum absolute atomic E-state index is 0.829. The third-order valence-electron chi connectivity index (χ3n) is 2.85. The molecular weight excluding hydrogens is 308 g/mol. The van der Waals surface area contributed by atoms with Crippen molar-refractivity contribution in [3.05, 3.63) is 59.8 Å². The second kappa shape index (κ2) is 10.5. The first-order valence-electron chi connectivity index (χ1n) is 7.53. The number of carboxylic acid groups (broad SMARTS) is 1. The molecule has 0 aliphatic carbocycles. The molecule has 0 fully saturated rings. The molecule has 0 atom stereocenters. The van der Waals surface area contributed by atoms with Gasteiger partial charge in [-0.3, -0.25) is 0 Å². The van der Waals surface area contributed by atoms with E-state index in [9.17, 15) is 4.79 Å². The van der Waals surface area contributed by atoms with Crippen LogP contribution in [-0.4, -0.2) is 22.6 Å². The molecule has 0 spiro atoms. The van der Waals surface area contributed by atoms with Crippen LogP contribution in [0.4, 0.5) is 5.82 Å². The molecule has 0 unspecified atom stereocenters. The van der Waals surface area contributed by atoms with E-state index in [1.165, 1.54) is 0 Å². The molecule has 2 N–H and O–H groups in total. The summed E-state index contributed by atoms with van der Waals surface area (Å²) < 4.78 is 0. The highest BCUT2D eigenvalue weighted by molar-refractivity contribution is 7.80. The van der Waals surface area contributed by atoms with E-state index in [1.807, 2.05) is 50.2 Å². The Kier molecular flexibility index (Phi) is 8.54. The highest BCUT2D eigenvalue weighted by atomic mass is 32.1. The van der Waals surface area contributed by atoms with Crippen LogP contribution in [0.25, 0.3) is 6.08 Å². The summed E-state index contributed by atoms with van der Waals surface area (Å²) in [6, 6.07) is 11.7. The average Bonchev–Trinajstić information content (AvgIpc) is 3.04. The molecule has 4 nitrogen and oxygen atoms in total. The summed E-state index contributed by atoms with van der Waals surface area (Å²) in [7, 11) is 0. The summed E-state index contributed by atoms with van der Waals surface area (Å²) in [6.07, 6.45) is 5.29. The van der Waals surface area contributed by atoms with Gasteiger partial charge in [0.1, 0.15) is 5.82 Å². The molecule has 0 bridgehead atoms. The molecule has 1 aliphatic heterocycles. The smallest absolute Gasteiger partial charge is 0.328 e. The first kappa shape index (κ1) is 18.8. The van der Waals surface area contributed by atoms with Crippen LogP contribution in [0.5, 0.6) is 0 Å². The molecule has 1 aromatic carbocycles. The number of hydrogen-bond acceptors (Lipinski definition) is 4. The van der Waals surface area contributed by atoms with Gasteiger partial charge in [0, 0.05) is 23.7 Å². The SMILES string of the molecule is CC.O=C(O)/C=C/c1cnc2c(c1)CCN2.Sc1ccccc1. The molecule has 2 aromatic rings. The number of pyridine rings is 1. The Morgan fingerprint density at radius 3 is 2.57 bits per heavy atom. The van der Waals surface area contributed by atoms with E-state index in [-0.39, 0.29) is 0 Å². The number of aliphatic carboxylic acids is 1. The van der Waals surface area contributed by atoms with Gasteiger partial charge in [-0.1, -0.05) is 32.0 Å². The largest absolute Gasteiger partial charge is 0.478 e. The Hall–Kier alpha value is -2.27. The molecule has 23 heavy (non-hydrogen) atoms. The van der Waals surface area contributed by atoms with Crippen LogP contribution in [-0.2, 0) is 11.2 Å². The number of nitrogens with zero attached hydrogens (tertiary/aromatic N) is 1. The van der Waals surface area contributed by atoms with E-state index in [0.29, 0.717) is 0 Å². The van der Waals surface area contributed by atoms with E-state index in [4.69, 9.17) is 5.11 Å². The zero-order valence-corrected chi connectivity index (χ0v) is 14.3. The maximum atomic E-state index is 10.3. The molecule has 1 aliphatic rings. The molecular formula is C18H22N2O2S. The fourth-order valence-corrected chi connectivity index (χ4v) is 2.05. The summed E-state index contributed by atoms with van der Waals surface area (Å²) >= 11 is 4.08. The lowest BCUT2D eigenvalue weighted by Crippen LogP contribution is -1.92. The predicted octanol–water partition coefficient (Wildman–Crippen LogP) is 4.15. The average molecular weight is 330 g/mol. The number of nitrogens with one attached hydrogen (secondary N) is 1. The van der Waals surface area contributed by atoms with Crippen molar-refractivity contribution in [2.75, 3.05) is 11.9 Å². The zero-order chi connectivity index (χ0) is 17.1. The van der Waals surface area contributed by atoms with Crippen molar-refractivity contribution in [1.29, 1.82) is 0 Å². The summed E-state index contributed by atoms with van der Waals surface area (Å²) in [4.78, 5) is 15.5. The van der Waals surface area contributed by atoms with E-state index in [2.05, 4.69) is 22.9 Å². The quantitative estimate of drug-likeness (QED) is 0.572. The van der Waals surface area contributed by atoms with Gasteiger partial charge in [0.05, 0.1) is 0 Å². The van der Waals surface area contributed by atoms with Gasteiger partial charge in [-0.25, -0.2) is 9.78 Å². The third-order valence-corrected chi connectivity index (χ3v) is 3.15. The molecule has 2 heterocycles. The Labute approximate surface area is 142 Å². The van der Waals surface area contributed by atoms with Crippen molar-refractivity contribution in [2.24, 2.45) is 0 Å². The summed E-state index contributed by atoms with van der Waals surface area (Å²) in [6.45, 7) is 4.91. The van der Waals surface area contributed by atoms with Crippen LogP contribution in [0, 0.1) is 0 Å². The Morgan fingerprint density at radius 2 is 2.00 bits per heavy atom. The number of benzene rings is 1. The lowest BCUT2D eigenvalue weighted by Gasteiger charge is -1.98. The molecule has 122 valence electrons. The van der Waals surface area contributed by atoms with Gasteiger partial charge >= 0.3 is 5.97 Å². The first-order chi connectivity index (χ1) is 11.1. The van der Waals surface area contributed by atoms with Crippen LogP contribution in [0.1, 0.15) is 25.0 Å². The normalized spacial score (nSPS) is 11.4. The minimum atomic E-state index is -0.941. The number of fused-ring (bicyclic) bond motifs is 1. The second-order valence-electron chi connectivity index (χ2n) is 4.46. The molecule has 0 saturated carbocycles. The summed E-state index contributed by atoms with van der Waals surface area (Å²) in [5.41, 5.74) is 1.98. The molecule has 1 aromatic heterocycles. The number of thiol groups is 1. The standard InChI is InChI=1S/C10H10N2O2.C6H6S.C2H6/c13-9(14)2-1-7-5-8-3-4-11-10(8)12-6-7;7-6-4-2-1-3-5-6;1-2/h1-2,5-6H,3-4H2,(H,11,12)(H,13,14);1-5,7H;1-2H3/b2-1+;;. The third kappa shape index (κ3) is 7.02. The molecule has 5 heteroatoms. The van der Waals surface area contributed by atoms with Crippen LogP contribution in [0.2, 0.25) is 0 Å². The molecule has 3 rings (SSSR count). The molecule has 0 amide bonds. The fraction of sp³-hybridized carbons (Fsp3) is 0.222. The fourth-order valence-electron chi connectivity index (χ4n) is 1.88. The topological polar surface area (TPSA) is 62.2 Å². The minimum Gasteiger partial charge on any atom is -0.478 e. The van der Waals surface area contributed by atoms with Gasteiger partial charge in [-0.05, 0) is 41.8 Å². The van der Waals surface area contributed by atoms with Gasteiger partial charge in [-0.15, -0.1) is 12.6 Å². The Balaban J connectivity index is 0.000000247. The molecule has 0 radical (unpaired) electrons. The highest BCUT2D eigenvalue weighted by Gasteiger charge is 2.10. The van der Waals surface area contributed by atoms with Gasteiger partial charge in [0.15, 0.2) is 0 Å². The summed E-state index contributed by atoms with van der Waals surface area (Å²) in [5.74, 6) is -0.0268. The predicted molar refractivity (Wildman–Crippen MR) is 98.1 cm³/mol. The van der Waals surface area contributed by atoms with Crippen LogP contribution < -0.4 is 5.32 Å². The monoisotopic (exact) mass is 330 g/mol. The molecule has 0 saturated heterocycles. The first-order valence-corrected chi connectivity index (χ1v) is 7.97. The van der Waals surface area contributed by atoms with E-state index in [1.54, 1.807) is 12.3 Å². The van der Waals surface area contributed by atoms with Gasteiger partial charge in [0.25, 0.3) is 0 Å². The van der Waals surface area contributed by atoms with Crippen LogP contribution in [0.3, 0.4) is 0 Å². The van der Waals surface area contributed by atoms with E-state index >= 15 is 0 Å². The van der Waals surface area contributed by atoms with E-state index < -0.39 is 5.97 Å².